The van der Waals surface area contributed by atoms with Gasteiger partial charge in [0.15, 0.2) is 11.5 Å². The zero-order chi connectivity index (χ0) is 15.1. The second-order valence-corrected chi connectivity index (χ2v) is 5.48. The lowest BCUT2D eigenvalue weighted by Crippen LogP contribution is -1.97. The molecular formula is C17H18O3S. The van der Waals surface area contributed by atoms with Gasteiger partial charge in [0, 0.05) is 12.0 Å². The number of methoxy groups -OCH3 is 1. The van der Waals surface area contributed by atoms with Gasteiger partial charge in [0.05, 0.1) is 18.6 Å². The van der Waals surface area contributed by atoms with Crippen molar-refractivity contribution < 1.29 is 14.6 Å². The molecule has 1 aromatic carbocycles. The van der Waals surface area contributed by atoms with Crippen molar-refractivity contribution in [2.24, 2.45) is 0 Å². The van der Waals surface area contributed by atoms with Crippen LogP contribution in [0.5, 0.6) is 11.5 Å². The van der Waals surface area contributed by atoms with Gasteiger partial charge in [-0.2, -0.15) is 0 Å². The molecule has 0 fully saturated rings. The van der Waals surface area contributed by atoms with Crippen LogP contribution in [0.4, 0.5) is 0 Å². The SMILES string of the molecule is COc1cc(C)ccc1OCc1sccc1C#CCCO. The number of thiophene rings is 1. The molecule has 0 aliphatic carbocycles. The summed E-state index contributed by atoms with van der Waals surface area (Å²) in [4.78, 5) is 1.07. The molecule has 0 atom stereocenters. The van der Waals surface area contributed by atoms with Gasteiger partial charge in [0.2, 0.25) is 0 Å². The van der Waals surface area contributed by atoms with Crippen LogP contribution in [-0.2, 0) is 6.61 Å². The normalized spacial score (nSPS) is 9.86. The van der Waals surface area contributed by atoms with Gasteiger partial charge in [0.25, 0.3) is 0 Å². The Labute approximate surface area is 129 Å². The van der Waals surface area contributed by atoms with E-state index in [-0.39, 0.29) is 6.61 Å². The smallest absolute Gasteiger partial charge is 0.161 e. The van der Waals surface area contributed by atoms with Crippen LogP contribution >= 0.6 is 11.3 Å². The summed E-state index contributed by atoms with van der Waals surface area (Å²) in [6, 6.07) is 7.83. The molecule has 0 aliphatic rings. The summed E-state index contributed by atoms with van der Waals surface area (Å²) in [5.74, 6) is 7.45. The van der Waals surface area contributed by atoms with Crippen molar-refractivity contribution in [2.45, 2.75) is 20.0 Å². The number of benzene rings is 1. The molecule has 0 amide bonds. The zero-order valence-corrected chi connectivity index (χ0v) is 13.0. The molecule has 1 N–H and O–H groups in total. The van der Waals surface area contributed by atoms with Gasteiger partial charge >= 0.3 is 0 Å². The van der Waals surface area contributed by atoms with Crippen LogP contribution in [0.3, 0.4) is 0 Å². The van der Waals surface area contributed by atoms with Gasteiger partial charge in [0.1, 0.15) is 6.61 Å². The second kappa shape index (κ2) is 7.72. The maximum Gasteiger partial charge on any atom is 0.161 e. The fraction of sp³-hybridized carbons (Fsp3) is 0.294. The van der Waals surface area contributed by atoms with E-state index in [2.05, 4.69) is 11.8 Å². The fourth-order valence-electron chi connectivity index (χ4n) is 1.81. The highest BCUT2D eigenvalue weighted by Crippen LogP contribution is 2.29. The number of ether oxygens (including phenoxy) is 2. The largest absolute Gasteiger partial charge is 0.493 e. The Morgan fingerprint density at radius 1 is 1.24 bits per heavy atom. The zero-order valence-electron chi connectivity index (χ0n) is 12.2. The van der Waals surface area contributed by atoms with E-state index in [1.165, 1.54) is 0 Å². The molecule has 110 valence electrons. The van der Waals surface area contributed by atoms with Crippen molar-refractivity contribution >= 4 is 11.3 Å². The second-order valence-electron chi connectivity index (χ2n) is 4.48. The van der Waals surface area contributed by atoms with Crippen LogP contribution in [-0.4, -0.2) is 18.8 Å². The molecule has 0 saturated heterocycles. The Morgan fingerprint density at radius 3 is 2.86 bits per heavy atom. The predicted octanol–water partition coefficient (Wildman–Crippen LogP) is 3.38. The Hall–Kier alpha value is -1.96. The molecular weight excluding hydrogens is 284 g/mol. The number of aliphatic hydroxyl groups excluding tert-OH is 1. The van der Waals surface area contributed by atoms with Crippen LogP contribution in [0.25, 0.3) is 0 Å². The van der Waals surface area contributed by atoms with Crippen LogP contribution < -0.4 is 9.47 Å². The molecule has 0 unspecified atom stereocenters. The minimum Gasteiger partial charge on any atom is -0.493 e. The minimum atomic E-state index is 0.0868. The van der Waals surface area contributed by atoms with Crippen LogP contribution in [0.2, 0.25) is 0 Å². The molecule has 3 nitrogen and oxygen atoms in total. The Kier molecular flexibility index (Phi) is 5.68. The summed E-state index contributed by atoms with van der Waals surface area (Å²) >= 11 is 1.61. The standard InChI is InChI=1S/C17H18O3S/c1-13-6-7-15(16(11-13)19-2)20-12-17-14(8-10-21-17)5-3-4-9-18/h6-8,10-11,18H,4,9,12H2,1-2H3. The molecule has 1 heterocycles. The first-order valence-corrected chi connectivity index (χ1v) is 7.56. The van der Waals surface area contributed by atoms with Gasteiger partial charge in [-0.05, 0) is 36.1 Å². The number of rotatable bonds is 5. The van der Waals surface area contributed by atoms with Crippen molar-refractivity contribution in [2.75, 3.05) is 13.7 Å². The summed E-state index contributed by atoms with van der Waals surface area (Å²) in [7, 11) is 1.64. The van der Waals surface area contributed by atoms with Crippen molar-refractivity contribution in [3.63, 3.8) is 0 Å². The summed E-state index contributed by atoms with van der Waals surface area (Å²) in [6.45, 7) is 2.56. The quantitative estimate of drug-likeness (QED) is 0.861. The Bertz CT molecular complexity index is 650. The van der Waals surface area contributed by atoms with Gasteiger partial charge < -0.3 is 14.6 Å². The first-order chi connectivity index (χ1) is 10.2. The molecule has 21 heavy (non-hydrogen) atoms. The van der Waals surface area contributed by atoms with Crippen LogP contribution in [0.1, 0.15) is 22.4 Å². The van der Waals surface area contributed by atoms with Crippen molar-refractivity contribution in [1.82, 2.24) is 0 Å². The van der Waals surface area contributed by atoms with E-state index in [0.717, 1.165) is 27.5 Å². The van der Waals surface area contributed by atoms with Gasteiger partial charge in [-0.1, -0.05) is 17.9 Å². The molecule has 0 saturated carbocycles. The van der Waals surface area contributed by atoms with E-state index in [0.29, 0.717) is 13.0 Å². The van der Waals surface area contributed by atoms with E-state index < -0.39 is 0 Å². The third-order valence-electron chi connectivity index (χ3n) is 2.88. The van der Waals surface area contributed by atoms with E-state index in [1.54, 1.807) is 18.4 Å². The Morgan fingerprint density at radius 2 is 2.10 bits per heavy atom. The predicted molar refractivity (Wildman–Crippen MR) is 85.0 cm³/mol. The third kappa shape index (κ3) is 4.25. The molecule has 1 aromatic heterocycles. The number of aliphatic hydroxyl groups is 1. The van der Waals surface area contributed by atoms with Gasteiger partial charge in [-0.3, -0.25) is 0 Å². The highest BCUT2D eigenvalue weighted by molar-refractivity contribution is 7.10. The minimum absolute atomic E-state index is 0.0868. The summed E-state index contributed by atoms with van der Waals surface area (Å²) < 4.78 is 11.2. The van der Waals surface area contributed by atoms with E-state index in [4.69, 9.17) is 14.6 Å². The highest BCUT2D eigenvalue weighted by atomic mass is 32.1. The number of hydrogen-bond donors (Lipinski definition) is 1. The molecule has 0 spiro atoms. The Balaban J connectivity index is 2.07. The van der Waals surface area contributed by atoms with Gasteiger partial charge in [-0.15, -0.1) is 11.3 Å². The maximum absolute atomic E-state index is 8.76. The first kappa shape index (κ1) is 15.4. The van der Waals surface area contributed by atoms with E-state index >= 15 is 0 Å². The van der Waals surface area contributed by atoms with Crippen molar-refractivity contribution in [3.8, 4) is 23.3 Å². The van der Waals surface area contributed by atoms with E-state index in [9.17, 15) is 0 Å². The number of hydrogen-bond acceptors (Lipinski definition) is 4. The summed E-state index contributed by atoms with van der Waals surface area (Å²) in [5.41, 5.74) is 2.09. The number of aryl methyl sites for hydroxylation is 1. The lowest BCUT2D eigenvalue weighted by atomic mass is 10.2. The maximum atomic E-state index is 8.76. The van der Waals surface area contributed by atoms with Crippen molar-refractivity contribution in [1.29, 1.82) is 0 Å². The molecule has 2 rings (SSSR count). The van der Waals surface area contributed by atoms with Crippen LogP contribution in [0.15, 0.2) is 29.6 Å². The van der Waals surface area contributed by atoms with E-state index in [1.807, 2.05) is 36.6 Å². The van der Waals surface area contributed by atoms with Crippen LogP contribution in [0, 0.1) is 18.8 Å². The third-order valence-corrected chi connectivity index (χ3v) is 3.78. The molecule has 0 aliphatic heterocycles. The molecule has 4 heteroatoms. The first-order valence-electron chi connectivity index (χ1n) is 6.68. The lowest BCUT2D eigenvalue weighted by Gasteiger charge is -2.10. The topological polar surface area (TPSA) is 38.7 Å². The summed E-state index contributed by atoms with van der Waals surface area (Å²) in [6.07, 6.45) is 0.488. The van der Waals surface area contributed by atoms with Gasteiger partial charge in [-0.25, -0.2) is 0 Å². The highest BCUT2D eigenvalue weighted by Gasteiger charge is 2.07. The fourth-order valence-corrected chi connectivity index (χ4v) is 2.56. The average molecular weight is 302 g/mol. The molecule has 0 bridgehead atoms. The van der Waals surface area contributed by atoms with Crippen molar-refractivity contribution in [3.05, 3.63) is 45.6 Å². The molecule has 2 aromatic rings. The average Bonchev–Trinajstić information content (AvgIpc) is 2.93. The monoisotopic (exact) mass is 302 g/mol. The molecule has 0 radical (unpaired) electrons. The summed E-state index contributed by atoms with van der Waals surface area (Å²) in [5, 5.41) is 10.8. The lowest BCUT2D eigenvalue weighted by molar-refractivity contribution is 0.287.